The third kappa shape index (κ3) is 4.17. The number of carbonyl (C=O) groups excluding carboxylic acids is 1. The molecule has 0 atom stereocenters. The van der Waals surface area contributed by atoms with Crippen LogP contribution in [0.4, 0.5) is 0 Å². The third-order valence-corrected chi connectivity index (χ3v) is 3.32. The molecule has 6 heteroatoms. The number of amides is 1. The van der Waals surface area contributed by atoms with Gasteiger partial charge in [0.05, 0.1) is 7.11 Å². The largest absolute Gasteiger partial charge is 0.496 e. The molecule has 0 saturated carbocycles. The average Bonchev–Trinajstić information content (AvgIpc) is 2.64. The van der Waals surface area contributed by atoms with Crippen LogP contribution in [0.1, 0.15) is 18.9 Å². The van der Waals surface area contributed by atoms with Crippen LogP contribution in [-0.2, 0) is 4.79 Å². The van der Waals surface area contributed by atoms with Crippen LogP contribution in [0.15, 0.2) is 42.5 Å². The summed E-state index contributed by atoms with van der Waals surface area (Å²) in [6, 6.07) is 7.43. The molecule has 1 amide bonds. The Labute approximate surface area is 140 Å². The van der Waals surface area contributed by atoms with Gasteiger partial charge in [-0.25, -0.2) is 9.97 Å². The van der Waals surface area contributed by atoms with Gasteiger partial charge in [0, 0.05) is 30.1 Å². The zero-order valence-corrected chi connectivity index (χ0v) is 13.6. The predicted octanol–water partition coefficient (Wildman–Crippen LogP) is 2.59. The van der Waals surface area contributed by atoms with Crippen molar-refractivity contribution in [3.8, 4) is 22.9 Å². The maximum atomic E-state index is 12.0. The van der Waals surface area contributed by atoms with E-state index >= 15 is 0 Å². The molecule has 2 aromatic rings. The highest BCUT2D eigenvalue weighted by Crippen LogP contribution is 2.27. The lowest BCUT2D eigenvalue weighted by atomic mass is 10.0. The molecular formula is C18H18N4O2. The minimum atomic E-state index is -0.394. The lowest BCUT2D eigenvalue weighted by Gasteiger charge is -2.09. The van der Waals surface area contributed by atoms with Crippen molar-refractivity contribution in [1.29, 1.82) is 5.26 Å². The van der Waals surface area contributed by atoms with Gasteiger partial charge < -0.3 is 10.1 Å². The number of ether oxygens (including phenoxy) is 1. The molecule has 0 aliphatic rings. The molecule has 0 fully saturated rings. The Kier molecular flexibility index (Phi) is 6.03. The van der Waals surface area contributed by atoms with Crippen LogP contribution in [0.25, 0.3) is 17.2 Å². The van der Waals surface area contributed by atoms with Crippen molar-refractivity contribution in [3.05, 3.63) is 48.1 Å². The molecule has 1 heterocycles. The second-order valence-corrected chi connectivity index (χ2v) is 5.01. The molecule has 0 unspecified atom stereocenters. The second kappa shape index (κ2) is 8.44. The first kappa shape index (κ1) is 17.2. The van der Waals surface area contributed by atoms with Crippen LogP contribution in [0, 0.1) is 11.3 Å². The maximum absolute atomic E-state index is 12.0. The van der Waals surface area contributed by atoms with Gasteiger partial charge in [-0.2, -0.15) is 5.26 Å². The van der Waals surface area contributed by atoms with E-state index in [9.17, 15) is 10.1 Å². The van der Waals surface area contributed by atoms with Gasteiger partial charge in [-0.3, -0.25) is 4.79 Å². The standard InChI is InChI=1S/C18H18N4O2/c1-3-6-22-18(23)15(9-19)8-14-7-13(4-5-17(14)24-2)16-10-20-12-21-11-16/h4-5,7-8,10-12H,3,6H2,1-2H3,(H,22,23)/b15-8-. The van der Waals surface area contributed by atoms with E-state index in [0.29, 0.717) is 17.9 Å². The second-order valence-electron chi connectivity index (χ2n) is 5.01. The molecule has 0 bridgehead atoms. The zero-order chi connectivity index (χ0) is 17.4. The van der Waals surface area contributed by atoms with E-state index in [1.165, 1.54) is 12.4 Å². The fraction of sp³-hybridized carbons (Fsp3) is 0.222. The van der Waals surface area contributed by atoms with E-state index in [4.69, 9.17) is 4.74 Å². The molecule has 1 N–H and O–H groups in total. The van der Waals surface area contributed by atoms with Gasteiger partial charge in [0.2, 0.25) is 0 Å². The van der Waals surface area contributed by atoms with Crippen LogP contribution < -0.4 is 10.1 Å². The lowest BCUT2D eigenvalue weighted by Crippen LogP contribution is -2.25. The van der Waals surface area contributed by atoms with E-state index in [1.54, 1.807) is 25.6 Å². The number of hydrogen-bond acceptors (Lipinski definition) is 5. The molecule has 2 rings (SSSR count). The van der Waals surface area contributed by atoms with Crippen molar-refractivity contribution >= 4 is 12.0 Å². The van der Waals surface area contributed by atoms with Gasteiger partial charge in [0.25, 0.3) is 5.91 Å². The average molecular weight is 322 g/mol. The molecule has 0 radical (unpaired) electrons. The molecule has 0 aliphatic heterocycles. The van der Waals surface area contributed by atoms with Crippen molar-refractivity contribution in [2.45, 2.75) is 13.3 Å². The summed E-state index contributed by atoms with van der Waals surface area (Å²) in [7, 11) is 1.54. The third-order valence-electron chi connectivity index (χ3n) is 3.32. The summed E-state index contributed by atoms with van der Waals surface area (Å²) in [6.07, 6.45) is 7.18. The normalized spacial score (nSPS) is 10.8. The molecule has 0 spiro atoms. The van der Waals surface area contributed by atoms with E-state index in [0.717, 1.165) is 17.5 Å². The van der Waals surface area contributed by atoms with Crippen LogP contribution >= 0.6 is 0 Å². The van der Waals surface area contributed by atoms with Crippen molar-refractivity contribution < 1.29 is 9.53 Å². The quantitative estimate of drug-likeness (QED) is 0.652. The predicted molar refractivity (Wildman–Crippen MR) is 90.9 cm³/mol. The molecule has 0 saturated heterocycles. The zero-order valence-electron chi connectivity index (χ0n) is 13.6. The van der Waals surface area contributed by atoms with E-state index in [-0.39, 0.29) is 5.57 Å². The molecule has 1 aromatic carbocycles. The number of nitrogens with zero attached hydrogens (tertiary/aromatic N) is 3. The van der Waals surface area contributed by atoms with Gasteiger partial charge in [-0.15, -0.1) is 0 Å². The Hall–Kier alpha value is -3.20. The number of rotatable bonds is 6. The summed E-state index contributed by atoms with van der Waals surface area (Å²) in [5.41, 5.74) is 2.38. The smallest absolute Gasteiger partial charge is 0.261 e. The molecule has 122 valence electrons. The fourth-order valence-corrected chi connectivity index (χ4v) is 2.11. The molecular weight excluding hydrogens is 304 g/mol. The number of nitriles is 1. The number of aromatic nitrogens is 2. The first-order valence-electron chi connectivity index (χ1n) is 7.53. The van der Waals surface area contributed by atoms with Crippen molar-refractivity contribution in [1.82, 2.24) is 15.3 Å². The van der Waals surface area contributed by atoms with Gasteiger partial charge in [0.15, 0.2) is 0 Å². The van der Waals surface area contributed by atoms with Crippen LogP contribution in [0.2, 0.25) is 0 Å². The Morgan fingerprint density at radius 2 is 2.08 bits per heavy atom. The van der Waals surface area contributed by atoms with E-state index < -0.39 is 5.91 Å². The van der Waals surface area contributed by atoms with Gasteiger partial charge in [-0.1, -0.05) is 13.0 Å². The summed E-state index contributed by atoms with van der Waals surface area (Å²) < 4.78 is 5.33. The summed E-state index contributed by atoms with van der Waals surface area (Å²) in [6.45, 7) is 2.47. The SMILES string of the molecule is CCCNC(=O)/C(C#N)=C\c1cc(-c2cncnc2)ccc1OC. The summed E-state index contributed by atoms with van der Waals surface area (Å²) >= 11 is 0. The Morgan fingerprint density at radius 3 is 2.71 bits per heavy atom. The Morgan fingerprint density at radius 1 is 1.33 bits per heavy atom. The van der Waals surface area contributed by atoms with Crippen LogP contribution in [0.3, 0.4) is 0 Å². The number of benzene rings is 1. The monoisotopic (exact) mass is 322 g/mol. The fourth-order valence-electron chi connectivity index (χ4n) is 2.11. The topological polar surface area (TPSA) is 87.9 Å². The first-order valence-corrected chi connectivity index (χ1v) is 7.53. The summed E-state index contributed by atoms with van der Waals surface area (Å²) in [5, 5.41) is 12.0. The minimum Gasteiger partial charge on any atom is -0.496 e. The van der Waals surface area contributed by atoms with Crippen LogP contribution in [0.5, 0.6) is 5.75 Å². The van der Waals surface area contributed by atoms with Crippen molar-refractivity contribution in [2.75, 3.05) is 13.7 Å². The maximum Gasteiger partial charge on any atom is 0.261 e. The summed E-state index contributed by atoms with van der Waals surface area (Å²) in [5.74, 6) is 0.182. The lowest BCUT2D eigenvalue weighted by molar-refractivity contribution is -0.117. The molecule has 6 nitrogen and oxygen atoms in total. The molecule has 24 heavy (non-hydrogen) atoms. The number of hydrogen-bond donors (Lipinski definition) is 1. The van der Waals surface area contributed by atoms with Gasteiger partial charge >= 0.3 is 0 Å². The van der Waals surface area contributed by atoms with Gasteiger partial charge in [0.1, 0.15) is 23.7 Å². The van der Waals surface area contributed by atoms with Crippen molar-refractivity contribution in [3.63, 3.8) is 0 Å². The highest BCUT2D eigenvalue weighted by molar-refractivity contribution is 6.02. The molecule has 0 aliphatic carbocycles. The Balaban J connectivity index is 2.42. The first-order chi connectivity index (χ1) is 11.7. The highest BCUT2D eigenvalue weighted by Gasteiger charge is 2.11. The minimum absolute atomic E-state index is 0.0308. The number of methoxy groups -OCH3 is 1. The van der Waals surface area contributed by atoms with Crippen molar-refractivity contribution in [2.24, 2.45) is 0 Å². The highest BCUT2D eigenvalue weighted by atomic mass is 16.5. The summed E-state index contributed by atoms with van der Waals surface area (Å²) in [4.78, 5) is 20.0. The van der Waals surface area contributed by atoms with Gasteiger partial charge in [-0.05, 0) is 30.2 Å². The number of nitrogens with one attached hydrogen (secondary N) is 1. The van der Waals surface area contributed by atoms with E-state index in [1.807, 2.05) is 25.1 Å². The van der Waals surface area contributed by atoms with Crippen LogP contribution in [-0.4, -0.2) is 29.5 Å². The molecule has 1 aromatic heterocycles. The van der Waals surface area contributed by atoms with E-state index in [2.05, 4.69) is 15.3 Å². The number of carbonyl (C=O) groups is 1. The Bertz CT molecular complexity index is 779.